The van der Waals surface area contributed by atoms with Crippen LogP contribution in [0, 0.1) is 0 Å². The van der Waals surface area contributed by atoms with Gasteiger partial charge in [-0.3, -0.25) is 4.98 Å². The maximum absolute atomic E-state index is 12.8. The van der Waals surface area contributed by atoms with Crippen molar-refractivity contribution in [2.75, 3.05) is 0 Å². The lowest BCUT2D eigenvalue weighted by molar-refractivity contribution is -0.0932. The van der Waals surface area contributed by atoms with Crippen LogP contribution >= 0.6 is 0 Å². The average molecular weight is 324 g/mol. The predicted molar refractivity (Wildman–Crippen MR) is 77.9 cm³/mol. The second kappa shape index (κ2) is 5.72. The summed E-state index contributed by atoms with van der Waals surface area (Å²) in [6, 6.07) is 1.67. The zero-order valence-electron chi connectivity index (χ0n) is 12.6. The molecule has 7 heteroatoms. The van der Waals surface area contributed by atoms with E-state index < -0.39 is 11.7 Å². The molecule has 0 atom stereocenters. The van der Waals surface area contributed by atoms with Crippen molar-refractivity contribution in [1.29, 1.82) is 0 Å². The molecule has 122 valence electrons. The highest BCUT2D eigenvalue weighted by Crippen LogP contribution is 2.37. The van der Waals surface area contributed by atoms with Crippen molar-refractivity contribution in [2.24, 2.45) is 0 Å². The van der Waals surface area contributed by atoms with E-state index in [1.54, 1.807) is 12.3 Å². The number of oxazole rings is 1. The van der Waals surface area contributed by atoms with Gasteiger partial charge in [-0.15, -0.1) is 0 Å². The Balaban J connectivity index is 1.99. The zero-order chi connectivity index (χ0) is 16.6. The van der Waals surface area contributed by atoms with E-state index in [2.05, 4.69) is 9.97 Å². The molecule has 0 fully saturated rings. The molecule has 0 saturated carbocycles. The molecule has 0 unspecified atom stereocenters. The first-order valence-electron chi connectivity index (χ1n) is 7.23. The van der Waals surface area contributed by atoms with E-state index >= 15 is 0 Å². The first-order chi connectivity index (χ1) is 10.8. The summed E-state index contributed by atoms with van der Waals surface area (Å²) in [5, 5.41) is 0. The second-order valence-electron chi connectivity index (χ2n) is 5.53. The Morgan fingerprint density at radius 3 is 2.74 bits per heavy atom. The molecule has 0 aromatic carbocycles. The maximum atomic E-state index is 12.8. The molecule has 0 radical (unpaired) electrons. The third kappa shape index (κ3) is 3.23. The van der Waals surface area contributed by atoms with E-state index in [0.717, 1.165) is 6.08 Å². The number of ether oxygens (including phenoxy) is 1. The molecule has 0 amide bonds. The SMILES string of the molecule is CC(C)Oc1cnccc1-c1nc2c(o1)CCC(C(F)(F)F)=C2. The normalized spacial score (nSPS) is 14.6. The van der Waals surface area contributed by atoms with E-state index in [9.17, 15) is 13.2 Å². The van der Waals surface area contributed by atoms with Gasteiger partial charge in [0.05, 0.1) is 17.9 Å². The molecule has 0 aliphatic heterocycles. The lowest BCUT2D eigenvalue weighted by Gasteiger charge is -2.14. The number of nitrogens with zero attached hydrogens (tertiary/aromatic N) is 2. The number of hydrogen-bond donors (Lipinski definition) is 0. The zero-order valence-corrected chi connectivity index (χ0v) is 12.6. The molecule has 2 aromatic heterocycles. The monoisotopic (exact) mass is 324 g/mol. The number of fused-ring (bicyclic) bond motifs is 1. The van der Waals surface area contributed by atoms with E-state index in [-0.39, 0.29) is 30.5 Å². The Morgan fingerprint density at radius 1 is 1.26 bits per heavy atom. The van der Waals surface area contributed by atoms with Crippen LogP contribution in [0.3, 0.4) is 0 Å². The highest BCUT2D eigenvalue weighted by molar-refractivity contribution is 5.65. The van der Waals surface area contributed by atoms with E-state index in [4.69, 9.17) is 9.15 Å². The summed E-state index contributed by atoms with van der Waals surface area (Å²) in [5.41, 5.74) is 0.217. The van der Waals surface area contributed by atoms with Crippen molar-refractivity contribution >= 4 is 6.08 Å². The van der Waals surface area contributed by atoms with Crippen molar-refractivity contribution in [1.82, 2.24) is 9.97 Å². The Labute approximate surface area is 131 Å². The van der Waals surface area contributed by atoms with E-state index in [0.29, 0.717) is 17.1 Å². The quantitative estimate of drug-likeness (QED) is 0.839. The minimum absolute atomic E-state index is 0.0701. The average Bonchev–Trinajstić information content (AvgIpc) is 2.89. The predicted octanol–water partition coefficient (Wildman–Crippen LogP) is 4.42. The lowest BCUT2D eigenvalue weighted by Crippen LogP contribution is -2.14. The van der Waals surface area contributed by atoms with Crippen LogP contribution in [-0.4, -0.2) is 22.2 Å². The molecule has 2 aromatic rings. The Morgan fingerprint density at radius 2 is 2.04 bits per heavy atom. The second-order valence-corrected chi connectivity index (χ2v) is 5.53. The van der Waals surface area contributed by atoms with Crippen LogP contribution < -0.4 is 4.74 Å². The first kappa shape index (κ1) is 15.6. The summed E-state index contributed by atoms with van der Waals surface area (Å²) >= 11 is 0. The van der Waals surface area contributed by atoms with Gasteiger partial charge in [0.1, 0.15) is 11.5 Å². The van der Waals surface area contributed by atoms with Crippen molar-refractivity contribution in [3.63, 3.8) is 0 Å². The third-order valence-corrected chi connectivity index (χ3v) is 3.40. The lowest BCUT2D eigenvalue weighted by atomic mass is 10.0. The van der Waals surface area contributed by atoms with Crippen LogP contribution in [0.2, 0.25) is 0 Å². The van der Waals surface area contributed by atoms with Crippen molar-refractivity contribution < 1.29 is 22.3 Å². The molecule has 2 heterocycles. The van der Waals surface area contributed by atoms with Gasteiger partial charge in [0.2, 0.25) is 5.89 Å². The molecule has 0 spiro atoms. The fraction of sp³-hybridized carbons (Fsp3) is 0.375. The number of allylic oxidation sites excluding steroid dienone is 1. The Bertz CT molecular complexity index is 748. The summed E-state index contributed by atoms with van der Waals surface area (Å²) in [5.74, 6) is 1.19. The number of aromatic nitrogens is 2. The number of aryl methyl sites for hydroxylation is 1. The van der Waals surface area contributed by atoms with Crippen LogP contribution in [0.25, 0.3) is 17.5 Å². The molecule has 23 heavy (non-hydrogen) atoms. The number of rotatable bonds is 3. The van der Waals surface area contributed by atoms with Crippen LogP contribution in [0.5, 0.6) is 5.75 Å². The van der Waals surface area contributed by atoms with Gasteiger partial charge < -0.3 is 9.15 Å². The van der Waals surface area contributed by atoms with Gasteiger partial charge >= 0.3 is 6.18 Å². The van der Waals surface area contributed by atoms with Gasteiger partial charge in [-0.05, 0) is 32.4 Å². The summed E-state index contributed by atoms with van der Waals surface area (Å²) in [6.07, 6.45) is -0.178. The highest BCUT2D eigenvalue weighted by atomic mass is 19.4. The van der Waals surface area contributed by atoms with Crippen molar-refractivity contribution in [3.05, 3.63) is 35.5 Å². The van der Waals surface area contributed by atoms with Crippen LogP contribution in [0.4, 0.5) is 13.2 Å². The highest BCUT2D eigenvalue weighted by Gasteiger charge is 2.36. The van der Waals surface area contributed by atoms with Gasteiger partial charge in [0.25, 0.3) is 0 Å². The fourth-order valence-electron chi connectivity index (χ4n) is 2.38. The van der Waals surface area contributed by atoms with Gasteiger partial charge in [0.15, 0.2) is 5.75 Å². The largest absolute Gasteiger partial charge is 0.489 e. The van der Waals surface area contributed by atoms with Crippen molar-refractivity contribution in [3.8, 4) is 17.2 Å². The van der Waals surface area contributed by atoms with Crippen LogP contribution in [0.15, 0.2) is 28.5 Å². The topological polar surface area (TPSA) is 48.2 Å². The molecule has 1 aliphatic carbocycles. The van der Waals surface area contributed by atoms with Gasteiger partial charge in [-0.1, -0.05) is 0 Å². The molecule has 0 saturated heterocycles. The number of hydrogen-bond acceptors (Lipinski definition) is 4. The molecule has 3 rings (SSSR count). The Kier molecular flexibility index (Phi) is 3.87. The molecular weight excluding hydrogens is 309 g/mol. The minimum atomic E-state index is -4.33. The smallest absolute Gasteiger partial charge is 0.412 e. The molecule has 4 nitrogen and oxygen atoms in total. The molecule has 0 bridgehead atoms. The first-order valence-corrected chi connectivity index (χ1v) is 7.23. The van der Waals surface area contributed by atoms with Crippen LogP contribution in [0.1, 0.15) is 31.7 Å². The van der Waals surface area contributed by atoms with Gasteiger partial charge in [-0.2, -0.15) is 13.2 Å². The Hall–Kier alpha value is -2.31. The van der Waals surface area contributed by atoms with E-state index in [1.807, 2.05) is 13.8 Å². The molecular formula is C16H15F3N2O2. The van der Waals surface area contributed by atoms with Gasteiger partial charge in [-0.25, -0.2) is 4.98 Å². The van der Waals surface area contributed by atoms with Crippen LogP contribution in [-0.2, 0) is 6.42 Å². The fourth-order valence-corrected chi connectivity index (χ4v) is 2.38. The molecule has 0 N–H and O–H groups in total. The minimum Gasteiger partial charge on any atom is -0.489 e. The third-order valence-electron chi connectivity index (χ3n) is 3.40. The summed E-state index contributed by atoms with van der Waals surface area (Å²) in [6.45, 7) is 3.74. The number of alkyl halides is 3. The molecule has 1 aliphatic rings. The van der Waals surface area contributed by atoms with E-state index in [1.165, 1.54) is 6.20 Å². The summed E-state index contributed by atoms with van der Waals surface area (Å²) < 4.78 is 49.7. The standard InChI is InChI=1S/C16H15F3N2O2/c1-9(2)22-14-8-20-6-5-11(14)15-21-12-7-10(16(17,18)19)3-4-13(12)23-15/h5-9H,3-4H2,1-2H3. The van der Waals surface area contributed by atoms with Crippen molar-refractivity contribution in [2.45, 2.75) is 39.0 Å². The number of pyridine rings is 1. The maximum Gasteiger partial charge on any atom is 0.412 e. The summed E-state index contributed by atoms with van der Waals surface area (Å²) in [7, 11) is 0. The van der Waals surface area contributed by atoms with Gasteiger partial charge in [0, 0.05) is 18.2 Å². The summed E-state index contributed by atoms with van der Waals surface area (Å²) in [4.78, 5) is 8.20. The number of halogens is 3.